The molecule has 0 spiro atoms. The first-order chi connectivity index (χ1) is 8.43. The van der Waals surface area contributed by atoms with Crippen LogP contribution in [0, 0.1) is 5.41 Å². The van der Waals surface area contributed by atoms with Gasteiger partial charge in [-0.1, -0.05) is 13.8 Å². The Morgan fingerprint density at radius 1 is 1.56 bits per heavy atom. The summed E-state index contributed by atoms with van der Waals surface area (Å²) >= 11 is 0. The highest BCUT2D eigenvalue weighted by Crippen LogP contribution is 2.35. The third-order valence-electron chi connectivity index (χ3n) is 3.50. The highest BCUT2D eigenvalue weighted by molar-refractivity contribution is 5.95. The second-order valence-corrected chi connectivity index (χ2v) is 5.30. The summed E-state index contributed by atoms with van der Waals surface area (Å²) in [5.41, 5.74) is -0.0845. The third kappa shape index (κ3) is 2.10. The predicted octanol–water partition coefficient (Wildman–Crippen LogP) is 1.13. The summed E-state index contributed by atoms with van der Waals surface area (Å²) in [5, 5.41) is 9.37. The number of carbonyl (C=O) groups excluding carboxylic acids is 1. The van der Waals surface area contributed by atoms with Crippen LogP contribution in [0.5, 0.6) is 0 Å². The SMILES string of the molecule is CC1(C)CCCN(C(=O)c2cnc[nH]2)C1C(=O)O. The molecule has 0 saturated carbocycles. The average molecular weight is 251 g/mol. The molecule has 2 heterocycles. The molecule has 1 saturated heterocycles. The highest BCUT2D eigenvalue weighted by Gasteiger charge is 2.44. The van der Waals surface area contributed by atoms with E-state index in [0.29, 0.717) is 12.2 Å². The number of aromatic amines is 1. The Kier molecular flexibility index (Phi) is 3.11. The van der Waals surface area contributed by atoms with Crippen molar-refractivity contribution in [3.8, 4) is 0 Å². The van der Waals surface area contributed by atoms with E-state index in [0.717, 1.165) is 12.8 Å². The minimum atomic E-state index is -0.951. The third-order valence-corrected chi connectivity index (χ3v) is 3.50. The average Bonchev–Trinajstić information content (AvgIpc) is 2.79. The molecule has 18 heavy (non-hydrogen) atoms. The molecule has 0 bridgehead atoms. The summed E-state index contributed by atoms with van der Waals surface area (Å²) < 4.78 is 0. The minimum Gasteiger partial charge on any atom is -0.480 e. The molecule has 2 rings (SSSR count). The summed E-state index contributed by atoms with van der Waals surface area (Å²) in [6.45, 7) is 4.24. The standard InChI is InChI=1S/C12H17N3O3/c1-12(2)4-3-5-15(9(12)11(17)18)10(16)8-6-13-7-14-8/h6-7,9H,3-5H2,1-2H3,(H,13,14)(H,17,18). The molecule has 2 N–H and O–H groups in total. The number of likely N-dealkylation sites (tertiary alicyclic amines) is 1. The zero-order valence-corrected chi connectivity index (χ0v) is 10.5. The molecule has 1 fully saturated rings. The molecule has 1 aliphatic heterocycles. The van der Waals surface area contributed by atoms with Gasteiger partial charge in [-0.3, -0.25) is 4.79 Å². The molecule has 1 amide bonds. The van der Waals surface area contributed by atoms with Gasteiger partial charge < -0.3 is 15.0 Å². The molecular weight excluding hydrogens is 234 g/mol. The summed E-state index contributed by atoms with van der Waals surface area (Å²) in [7, 11) is 0. The summed E-state index contributed by atoms with van der Waals surface area (Å²) in [6, 6.07) is -0.790. The van der Waals surface area contributed by atoms with Crippen molar-refractivity contribution in [2.75, 3.05) is 6.54 Å². The first kappa shape index (κ1) is 12.6. The van der Waals surface area contributed by atoms with Crippen LogP contribution in [0.4, 0.5) is 0 Å². The molecular formula is C12H17N3O3. The summed E-state index contributed by atoms with van der Waals surface area (Å²) in [6.07, 6.45) is 4.45. The number of nitrogens with zero attached hydrogens (tertiary/aromatic N) is 2. The number of piperidine rings is 1. The van der Waals surface area contributed by atoms with Crippen molar-refractivity contribution >= 4 is 11.9 Å². The number of aromatic nitrogens is 2. The predicted molar refractivity (Wildman–Crippen MR) is 64.1 cm³/mol. The maximum atomic E-state index is 12.3. The second-order valence-electron chi connectivity index (χ2n) is 5.30. The van der Waals surface area contributed by atoms with Crippen LogP contribution in [0.3, 0.4) is 0 Å². The van der Waals surface area contributed by atoms with Crippen LogP contribution in [-0.4, -0.2) is 44.4 Å². The number of imidazole rings is 1. The fraction of sp³-hybridized carbons (Fsp3) is 0.583. The Balaban J connectivity index is 2.30. The molecule has 6 heteroatoms. The maximum Gasteiger partial charge on any atom is 0.326 e. The van der Waals surface area contributed by atoms with E-state index >= 15 is 0 Å². The molecule has 1 aliphatic rings. The lowest BCUT2D eigenvalue weighted by Crippen LogP contribution is -2.56. The Labute approximate surface area is 105 Å². The van der Waals surface area contributed by atoms with Crippen LogP contribution < -0.4 is 0 Å². The zero-order valence-electron chi connectivity index (χ0n) is 10.5. The van der Waals surface area contributed by atoms with Gasteiger partial charge in [-0.05, 0) is 18.3 Å². The molecule has 98 valence electrons. The molecule has 0 aliphatic carbocycles. The Hall–Kier alpha value is -1.85. The van der Waals surface area contributed by atoms with E-state index in [1.54, 1.807) is 0 Å². The molecule has 1 atom stereocenters. The lowest BCUT2D eigenvalue weighted by molar-refractivity contribution is -0.148. The van der Waals surface area contributed by atoms with Gasteiger partial charge in [-0.25, -0.2) is 9.78 Å². The van der Waals surface area contributed by atoms with Gasteiger partial charge in [0.1, 0.15) is 11.7 Å². The lowest BCUT2D eigenvalue weighted by Gasteiger charge is -2.43. The normalized spacial score (nSPS) is 22.8. The smallest absolute Gasteiger partial charge is 0.326 e. The van der Waals surface area contributed by atoms with Crippen molar-refractivity contribution < 1.29 is 14.7 Å². The monoisotopic (exact) mass is 251 g/mol. The summed E-state index contributed by atoms with van der Waals surface area (Å²) in [5.74, 6) is -1.25. The number of nitrogens with one attached hydrogen (secondary N) is 1. The number of H-pyrrole nitrogens is 1. The Morgan fingerprint density at radius 2 is 2.28 bits per heavy atom. The first-order valence-corrected chi connectivity index (χ1v) is 5.95. The highest BCUT2D eigenvalue weighted by atomic mass is 16.4. The molecule has 6 nitrogen and oxygen atoms in total. The second kappa shape index (κ2) is 4.44. The van der Waals surface area contributed by atoms with Crippen LogP contribution >= 0.6 is 0 Å². The van der Waals surface area contributed by atoms with Crippen molar-refractivity contribution in [2.24, 2.45) is 5.41 Å². The largest absolute Gasteiger partial charge is 0.480 e. The number of aliphatic carboxylic acids is 1. The minimum absolute atomic E-state index is 0.298. The molecule has 1 aromatic rings. The lowest BCUT2D eigenvalue weighted by atomic mass is 9.76. The maximum absolute atomic E-state index is 12.3. The number of carboxylic acids is 1. The number of amides is 1. The number of rotatable bonds is 2. The van der Waals surface area contributed by atoms with Crippen LogP contribution in [0.2, 0.25) is 0 Å². The van der Waals surface area contributed by atoms with E-state index in [1.165, 1.54) is 17.4 Å². The fourth-order valence-electron chi connectivity index (χ4n) is 2.61. The fourth-order valence-corrected chi connectivity index (χ4v) is 2.61. The van der Waals surface area contributed by atoms with Crippen molar-refractivity contribution in [2.45, 2.75) is 32.7 Å². The van der Waals surface area contributed by atoms with Gasteiger partial charge in [0.25, 0.3) is 5.91 Å². The Morgan fingerprint density at radius 3 is 2.83 bits per heavy atom. The van der Waals surface area contributed by atoms with Crippen molar-refractivity contribution in [3.63, 3.8) is 0 Å². The van der Waals surface area contributed by atoms with E-state index in [1.807, 2.05) is 13.8 Å². The van der Waals surface area contributed by atoms with Gasteiger partial charge in [0.05, 0.1) is 12.5 Å². The van der Waals surface area contributed by atoms with Crippen molar-refractivity contribution in [1.29, 1.82) is 0 Å². The van der Waals surface area contributed by atoms with E-state index in [2.05, 4.69) is 9.97 Å². The van der Waals surface area contributed by atoms with Crippen LogP contribution in [0.1, 0.15) is 37.2 Å². The summed E-state index contributed by atoms with van der Waals surface area (Å²) in [4.78, 5) is 31.6. The molecule has 1 unspecified atom stereocenters. The van der Waals surface area contributed by atoms with Gasteiger partial charge in [0.2, 0.25) is 0 Å². The van der Waals surface area contributed by atoms with Gasteiger partial charge in [0, 0.05) is 6.54 Å². The molecule has 0 radical (unpaired) electrons. The van der Waals surface area contributed by atoms with Gasteiger partial charge in [-0.2, -0.15) is 0 Å². The number of hydrogen-bond donors (Lipinski definition) is 2. The van der Waals surface area contributed by atoms with Crippen molar-refractivity contribution in [1.82, 2.24) is 14.9 Å². The van der Waals surface area contributed by atoms with Crippen LogP contribution in [0.25, 0.3) is 0 Å². The van der Waals surface area contributed by atoms with Gasteiger partial charge in [-0.15, -0.1) is 0 Å². The molecule has 0 aromatic carbocycles. The first-order valence-electron chi connectivity index (χ1n) is 5.95. The quantitative estimate of drug-likeness (QED) is 0.824. The number of carboxylic acid groups (broad SMARTS) is 1. The van der Waals surface area contributed by atoms with Crippen LogP contribution in [0.15, 0.2) is 12.5 Å². The zero-order chi connectivity index (χ0) is 13.3. The van der Waals surface area contributed by atoms with Crippen molar-refractivity contribution in [3.05, 3.63) is 18.2 Å². The van der Waals surface area contributed by atoms with E-state index in [4.69, 9.17) is 0 Å². The van der Waals surface area contributed by atoms with Crippen LogP contribution in [-0.2, 0) is 4.79 Å². The number of carbonyl (C=O) groups is 2. The Bertz CT molecular complexity index is 453. The molecule has 1 aromatic heterocycles. The topological polar surface area (TPSA) is 86.3 Å². The van der Waals surface area contributed by atoms with E-state index in [9.17, 15) is 14.7 Å². The van der Waals surface area contributed by atoms with Gasteiger partial charge >= 0.3 is 5.97 Å². The number of hydrogen-bond acceptors (Lipinski definition) is 3. The van der Waals surface area contributed by atoms with Gasteiger partial charge in [0.15, 0.2) is 0 Å². The van der Waals surface area contributed by atoms with E-state index < -0.39 is 17.4 Å². The van der Waals surface area contributed by atoms with E-state index in [-0.39, 0.29) is 5.91 Å².